The van der Waals surface area contributed by atoms with Crippen molar-refractivity contribution in [2.75, 3.05) is 18.9 Å². The molecule has 0 aliphatic heterocycles. The Labute approximate surface area is 120 Å². The van der Waals surface area contributed by atoms with Crippen LogP contribution in [0, 0.1) is 13.8 Å². The Hall–Kier alpha value is -1.00. The summed E-state index contributed by atoms with van der Waals surface area (Å²) in [4.78, 5) is 13.0. The predicted octanol–water partition coefficient (Wildman–Crippen LogP) is 2.94. The molecular formula is C15H23NO2S. The summed E-state index contributed by atoms with van der Waals surface area (Å²) in [5, 5.41) is 3.17. The van der Waals surface area contributed by atoms with E-state index in [1.54, 1.807) is 11.8 Å². The molecule has 1 aromatic carbocycles. The second-order valence-corrected chi connectivity index (χ2v) is 5.51. The van der Waals surface area contributed by atoms with Crippen LogP contribution in [0.15, 0.2) is 23.1 Å². The summed E-state index contributed by atoms with van der Waals surface area (Å²) in [5.74, 6) is 0.524. The number of likely N-dealkylation sites (N-methyl/N-ethyl adjacent to an activating group) is 1. The molecule has 1 N–H and O–H groups in total. The smallest absolute Gasteiger partial charge is 0.323 e. The molecule has 106 valence electrons. The minimum atomic E-state index is -0.239. The maximum absolute atomic E-state index is 11.8. The quantitative estimate of drug-likeness (QED) is 0.616. The van der Waals surface area contributed by atoms with Crippen LogP contribution >= 0.6 is 11.8 Å². The van der Waals surface area contributed by atoms with Crippen LogP contribution < -0.4 is 5.32 Å². The number of hydrogen-bond acceptors (Lipinski definition) is 4. The van der Waals surface area contributed by atoms with Gasteiger partial charge in [-0.05, 0) is 50.6 Å². The van der Waals surface area contributed by atoms with Gasteiger partial charge in [0.15, 0.2) is 0 Å². The van der Waals surface area contributed by atoms with E-state index in [1.165, 1.54) is 16.0 Å². The number of thioether (sulfide) groups is 1. The van der Waals surface area contributed by atoms with E-state index in [1.807, 2.05) is 13.8 Å². The molecule has 1 aromatic rings. The fraction of sp³-hybridized carbons (Fsp3) is 0.533. The van der Waals surface area contributed by atoms with Crippen LogP contribution in [0.2, 0.25) is 0 Å². The highest BCUT2D eigenvalue weighted by Gasteiger charge is 2.18. The zero-order chi connectivity index (χ0) is 14.3. The van der Waals surface area contributed by atoms with Crippen molar-refractivity contribution < 1.29 is 9.53 Å². The van der Waals surface area contributed by atoms with E-state index in [4.69, 9.17) is 4.74 Å². The summed E-state index contributed by atoms with van der Waals surface area (Å²) in [7, 11) is 0. The van der Waals surface area contributed by atoms with Crippen molar-refractivity contribution in [3.63, 3.8) is 0 Å². The van der Waals surface area contributed by atoms with E-state index < -0.39 is 0 Å². The fourth-order valence-corrected chi connectivity index (χ4v) is 2.72. The van der Waals surface area contributed by atoms with Gasteiger partial charge in [0.2, 0.25) is 0 Å². The van der Waals surface area contributed by atoms with Gasteiger partial charge in [-0.1, -0.05) is 13.0 Å². The van der Waals surface area contributed by atoms with Gasteiger partial charge in [0.25, 0.3) is 0 Å². The zero-order valence-electron chi connectivity index (χ0n) is 12.2. The van der Waals surface area contributed by atoms with Gasteiger partial charge in [-0.2, -0.15) is 0 Å². The average molecular weight is 281 g/mol. The van der Waals surface area contributed by atoms with Gasteiger partial charge in [0.1, 0.15) is 6.04 Å². The number of aryl methyl sites for hydroxylation is 2. The molecule has 1 rings (SSSR count). The lowest BCUT2D eigenvalue weighted by molar-refractivity contribution is -0.144. The van der Waals surface area contributed by atoms with E-state index in [0.29, 0.717) is 12.4 Å². The lowest BCUT2D eigenvalue weighted by Crippen LogP contribution is -2.40. The first-order valence-electron chi connectivity index (χ1n) is 6.68. The SMILES string of the molecule is CCNC(CSc1ccc(C)c(C)c1)C(=O)OCC. The third kappa shape index (κ3) is 5.25. The van der Waals surface area contributed by atoms with Crippen molar-refractivity contribution in [2.24, 2.45) is 0 Å². The minimum absolute atomic E-state index is 0.166. The average Bonchev–Trinajstić information content (AvgIpc) is 2.38. The van der Waals surface area contributed by atoms with Crippen molar-refractivity contribution in [3.05, 3.63) is 29.3 Å². The van der Waals surface area contributed by atoms with Crippen LogP contribution in [0.4, 0.5) is 0 Å². The molecule has 19 heavy (non-hydrogen) atoms. The molecule has 0 saturated carbocycles. The molecule has 0 aliphatic carbocycles. The Kier molecular flexibility index (Phi) is 6.95. The Morgan fingerprint density at radius 2 is 2.05 bits per heavy atom. The number of nitrogens with one attached hydrogen (secondary N) is 1. The standard InChI is InChI=1S/C15H23NO2S/c1-5-16-14(15(17)18-6-2)10-19-13-8-7-11(3)12(4)9-13/h7-9,14,16H,5-6,10H2,1-4H3. The van der Waals surface area contributed by atoms with Gasteiger partial charge in [-0.15, -0.1) is 11.8 Å². The molecule has 3 nitrogen and oxygen atoms in total. The first-order chi connectivity index (χ1) is 9.08. The van der Waals surface area contributed by atoms with Gasteiger partial charge < -0.3 is 10.1 Å². The van der Waals surface area contributed by atoms with Crippen molar-refractivity contribution in [2.45, 2.75) is 38.6 Å². The maximum Gasteiger partial charge on any atom is 0.323 e. The molecular weight excluding hydrogens is 258 g/mol. The number of benzene rings is 1. The van der Waals surface area contributed by atoms with E-state index in [2.05, 4.69) is 37.4 Å². The molecule has 0 fully saturated rings. The largest absolute Gasteiger partial charge is 0.465 e. The summed E-state index contributed by atoms with van der Waals surface area (Å²) >= 11 is 1.68. The van der Waals surface area contributed by atoms with Crippen LogP contribution in [-0.4, -0.2) is 30.9 Å². The molecule has 0 aromatic heterocycles. The molecule has 0 spiro atoms. The van der Waals surface area contributed by atoms with E-state index >= 15 is 0 Å². The zero-order valence-corrected chi connectivity index (χ0v) is 13.0. The van der Waals surface area contributed by atoms with Crippen LogP contribution in [0.5, 0.6) is 0 Å². The first-order valence-corrected chi connectivity index (χ1v) is 7.67. The molecule has 1 unspecified atom stereocenters. The van der Waals surface area contributed by atoms with Gasteiger partial charge in [-0.25, -0.2) is 0 Å². The summed E-state index contributed by atoms with van der Waals surface area (Å²) in [5.41, 5.74) is 2.57. The highest BCUT2D eigenvalue weighted by Crippen LogP contribution is 2.22. The molecule has 0 heterocycles. The molecule has 0 saturated heterocycles. The Morgan fingerprint density at radius 3 is 2.63 bits per heavy atom. The molecule has 0 amide bonds. The lowest BCUT2D eigenvalue weighted by atomic mass is 10.1. The molecule has 1 atom stereocenters. The van der Waals surface area contributed by atoms with Crippen molar-refractivity contribution in [1.82, 2.24) is 5.32 Å². The number of carbonyl (C=O) groups is 1. The summed E-state index contributed by atoms with van der Waals surface area (Å²) in [6.07, 6.45) is 0. The van der Waals surface area contributed by atoms with Crippen molar-refractivity contribution in [1.29, 1.82) is 0 Å². The predicted molar refractivity (Wildman–Crippen MR) is 80.7 cm³/mol. The van der Waals surface area contributed by atoms with Gasteiger partial charge in [0.05, 0.1) is 6.61 Å². The van der Waals surface area contributed by atoms with Crippen LogP contribution in [0.25, 0.3) is 0 Å². The highest BCUT2D eigenvalue weighted by molar-refractivity contribution is 7.99. The van der Waals surface area contributed by atoms with Gasteiger partial charge in [0, 0.05) is 10.6 Å². The second-order valence-electron chi connectivity index (χ2n) is 4.42. The number of rotatable bonds is 7. The second kappa shape index (κ2) is 8.23. The molecule has 4 heteroatoms. The Bertz CT molecular complexity index is 421. The Balaban J connectivity index is 2.59. The van der Waals surface area contributed by atoms with Crippen LogP contribution in [0.3, 0.4) is 0 Å². The highest BCUT2D eigenvalue weighted by atomic mass is 32.2. The maximum atomic E-state index is 11.8. The number of carbonyl (C=O) groups excluding carboxylic acids is 1. The topological polar surface area (TPSA) is 38.3 Å². The van der Waals surface area contributed by atoms with E-state index in [-0.39, 0.29) is 12.0 Å². The van der Waals surface area contributed by atoms with Gasteiger partial charge in [-0.3, -0.25) is 4.79 Å². The van der Waals surface area contributed by atoms with Crippen molar-refractivity contribution >= 4 is 17.7 Å². The van der Waals surface area contributed by atoms with Gasteiger partial charge >= 0.3 is 5.97 Å². The molecule has 0 radical (unpaired) electrons. The summed E-state index contributed by atoms with van der Waals surface area (Å²) in [6, 6.07) is 6.14. The third-order valence-corrected chi connectivity index (χ3v) is 4.00. The number of esters is 1. The number of hydrogen-bond donors (Lipinski definition) is 1. The first kappa shape index (κ1) is 16.1. The lowest BCUT2D eigenvalue weighted by Gasteiger charge is -2.16. The third-order valence-electron chi connectivity index (χ3n) is 2.92. The van der Waals surface area contributed by atoms with E-state index in [9.17, 15) is 4.79 Å². The summed E-state index contributed by atoms with van der Waals surface area (Å²) in [6.45, 7) is 9.21. The fourth-order valence-electron chi connectivity index (χ4n) is 1.68. The van der Waals surface area contributed by atoms with E-state index in [0.717, 1.165) is 6.54 Å². The molecule has 0 aliphatic rings. The Morgan fingerprint density at radius 1 is 1.32 bits per heavy atom. The normalized spacial score (nSPS) is 12.2. The van der Waals surface area contributed by atoms with Crippen LogP contribution in [0.1, 0.15) is 25.0 Å². The number of ether oxygens (including phenoxy) is 1. The summed E-state index contributed by atoms with van der Waals surface area (Å²) < 4.78 is 5.07. The molecule has 0 bridgehead atoms. The van der Waals surface area contributed by atoms with Crippen LogP contribution in [-0.2, 0) is 9.53 Å². The monoisotopic (exact) mass is 281 g/mol. The van der Waals surface area contributed by atoms with Crippen molar-refractivity contribution in [3.8, 4) is 0 Å². The minimum Gasteiger partial charge on any atom is -0.465 e.